The molecule has 0 saturated heterocycles. The molecule has 0 aliphatic heterocycles. The SMILES string of the molecule is CC(C)(C)SCC(=O)C1=CCCCCC1. The van der Waals surface area contributed by atoms with E-state index in [2.05, 4.69) is 26.8 Å². The standard InChI is InChI=1S/C13H22OS/c1-13(2,3)15-10-12(14)11-8-6-4-5-7-9-11/h8H,4-7,9-10H2,1-3H3. The van der Waals surface area contributed by atoms with Crippen LogP contribution in [0, 0.1) is 0 Å². The molecule has 0 fully saturated rings. The van der Waals surface area contributed by atoms with E-state index in [1.807, 2.05) is 0 Å². The Morgan fingerprint density at radius 1 is 1.33 bits per heavy atom. The maximum Gasteiger partial charge on any atom is 0.168 e. The van der Waals surface area contributed by atoms with Gasteiger partial charge in [0, 0.05) is 4.75 Å². The van der Waals surface area contributed by atoms with Gasteiger partial charge in [0.1, 0.15) is 0 Å². The van der Waals surface area contributed by atoms with E-state index >= 15 is 0 Å². The topological polar surface area (TPSA) is 17.1 Å². The van der Waals surface area contributed by atoms with E-state index in [1.54, 1.807) is 11.8 Å². The molecule has 0 heterocycles. The lowest BCUT2D eigenvalue weighted by Gasteiger charge is -2.17. The van der Waals surface area contributed by atoms with E-state index in [0.717, 1.165) is 18.4 Å². The fraction of sp³-hybridized carbons (Fsp3) is 0.769. The summed E-state index contributed by atoms with van der Waals surface area (Å²) < 4.78 is 0.195. The van der Waals surface area contributed by atoms with Crippen LogP contribution in [0.5, 0.6) is 0 Å². The Hall–Kier alpha value is -0.240. The van der Waals surface area contributed by atoms with Crippen LogP contribution >= 0.6 is 11.8 Å². The molecule has 0 atom stereocenters. The highest BCUT2D eigenvalue weighted by Gasteiger charge is 2.16. The van der Waals surface area contributed by atoms with Gasteiger partial charge >= 0.3 is 0 Å². The Morgan fingerprint density at radius 3 is 2.73 bits per heavy atom. The lowest BCUT2D eigenvalue weighted by molar-refractivity contribution is -0.113. The van der Waals surface area contributed by atoms with Crippen molar-refractivity contribution in [3.63, 3.8) is 0 Å². The average Bonchev–Trinajstić information content (AvgIpc) is 2.41. The number of hydrogen-bond acceptors (Lipinski definition) is 2. The fourth-order valence-electron chi connectivity index (χ4n) is 1.64. The smallest absolute Gasteiger partial charge is 0.168 e. The summed E-state index contributed by atoms with van der Waals surface area (Å²) in [6.07, 6.45) is 7.99. The van der Waals surface area contributed by atoms with Gasteiger partial charge in [-0.2, -0.15) is 0 Å². The van der Waals surface area contributed by atoms with Gasteiger partial charge in [-0.15, -0.1) is 11.8 Å². The number of ketones is 1. The number of allylic oxidation sites excluding steroid dienone is 2. The molecule has 1 aliphatic rings. The molecule has 1 aliphatic carbocycles. The number of carbonyl (C=O) groups excluding carboxylic acids is 1. The number of hydrogen-bond donors (Lipinski definition) is 0. The summed E-state index contributed by atoms with van der Waals surface area (Å²) >= 11 is 1.75. The summed E-state index contributed by atoms with van der Waals surface area (Å²) in [6.45, 7) is 6.48. The summed E-state index contributed by atoms with van der Waals surface area (Å²) in [7, 11) is 0. The van der Waals surface area contributed by atoms with E-state index in [9.17, 15) is 4.79 Å². The largest absolute Gasteiger partial charge is 0.294 e. The summed E-state index contributed by atoms with van der Waals surface area (Å²) in [4.78, 5) is 11.9. The highest BCUT2D eigenvalue weighted by Crippen LogP contribution is 2.25. The molecule has 0 aromatic rings. The van der Waals surface area contributed by atoms with Crippen LogP contribution in [0.1, 0.15) is 52.9 Å². The van der Waals surface area contributed by atoms with Crippen LogP contribution in [0.2, 0.25) is 0 Å². The molecule has 0 aromatic carbocycles. The third-order valence-electron chi connectivity index (χ3n) is 2.54. The first kappa shape index (κ1) is 12.8. The van der Waals surface area contributed by atoms with Crippen molar-refractivity contribution in [3.05, 3.63) is 11.6 Å². The maximum absolute atomic E-state index is 11.9. The van der Waals surface area contributed by atoms with Gasteiger partial charge in [0.05, 0.1) is 5.75 Å². The molecule has 0 spiro atoms. The molecule has 86 valence electrons. The van der Waals surface area contributed by atoms with E-state index < -0.39 is 0 Å². The van der Waals surface area contributed by atoms with Gasteiger partial charge in [-0.3, -0.25) is 4.79 Å². The first-order valence-corrected chi connectivity index (χ1v) is 6.84. The van der Waals surface area contributed by atoms with Gasteiger partial charge in [-0.1, -0.05) is 33.3 Å². The Kier molecular flexibility index (Phi) is 4.91. The molecule has 1 rings (SSSR count). The molecule has 0 aromatic heterocycles. The van der Waals surface area contributed by atoms with Crippen LogP contribution < -0.4 is 0 Å². The van der Waals surface area contributed by atoms with Crippen LogP contribution in [-0.4, -0.2) is 16.3 Å². The Bertz CT molecular complexity index is 248. The zero-order chi connectivity index (χ0) is 11.3. The van der Waals surface area contributed by atoms with Crippen molar-refractivity contribution in [3.8, 4) is 0 Å². The first-order chi connectivity index (χ1) is 6.99. The molecule has 0 bridgehead atoms. The van der Waals surface area contributed by atoms with Crippen molar-refractivity contribution in [1.82, 2.24) is 0 Å². The fourth-order valence-corrected chi connectivity index (χ4v) is 2.39. The van der Waals surface area contributed by atoms with Gasteiger partial charge < -0.3 is 0 Å². The second kappa shape index (κ2) is 5.74. The van der Waals surface area contributed by atoms with E-state index in [0.29, 0.717) is 11.5 Å². The van der Waals surface area contributed by atoms with Crippen LogP contribution in [0.3, 0.4) is 0 Å². The molecule has 0 radical (unpaired) electrons. The lowest BCUT2D eigenvalue weighted by Crippen LogP contribution is -2.14. The number of thioether (sulfide) groups is 1. The molecule has 0 N–H and O–H groups in total. The zero-order valence-electron chi connectivity index (χ0n) is 10.1. The van der Waals surface area contributed by atoms with Crippen molar-refractivity contribution in [2.45, 2.75) is 57.6 Å². The molecule has 0 saturated carbocycles. The van der Waals surface area contributed by atoms with Gasteiger partial charge in [0.15, 0.2) is 5.78 Å². The third kappa shape index (κ3) is 5.41. The number of Topliss-reactive ketones (excluding diaryl/α,β-unsaturated/α-hetero) is 1. The monoisotopic (exact) mass is 226 g/mol. The summed E-state index contributed by atoms with van der Waals surface area (Å²) in [5, 5.41) is 0. The predicted octanol–water partition coefficient (Wildman–Crippen LogP) is 3.98. The van der Waals surface area contributed by atoms with Crippen LogP contribution in [0.25, 0.3) is 0 Å². The maximum atomic E-state index is 11.9. The molecule has 2 heteroatoms. The molecule has 1 nitrogen and oxygen atoms in total. The zero-order valence-corrected chi connectivity index (χ0v) is 11.0. The van der Waals surface area contributed by atoms with Crippen LogP contribution in [0.4, 0.5) is 0 Å². The second-order valence-corrected chi connectivity index (χ2v) is 6.96. The number of carbonyl (C=O) groups is 1. The van der Waals surface area contributed by atoms with Crippen molar-refractivity contribution < 1.29 is 4.79 Å². The first-order valence-electron chi connectivity index (χ1n) is 5.85. The van der Waals surface area contributed by atoms with Crippen LogP contribution in [0.15, 0.2) is 11.6 Å². The van der Waals surface area contributed by atoms with E-state index in [-0.39, 0.29) is 4.75 Å². The molecule has 0 unspecified atom stereocenters. The number of rotatable bonds is 3. The lowest BCUT2D eigenvalue weighted by atomic mass is 10.1. The molecule has 15 heavy (non-hydrogen) atoms. The van der Waals surface area contributed by atoms with Gasteiger partial charge in [0.2, 0.25) is 0 Å². The van der Waals surface area contributed by atoms with E-state index in [4.69, 9.17) is 0 Å². The Labute approximate surface area is 97.7 Å². The second-order valence-electron chi connectivity index (χ2n) is 5.15. The molecular formula is C13H22OS. The highest BCUT2D eigenvalue weighted by atomic mass is 32.2. The quantitative estimate of drug-likeness (QED) is 0.724. The van der Waals surface area contributed by atoms with Gasteiger partial charge in [-0.05, 0) is 31.3 Å². The minimum absolute atomic E-state index is 0.195. The van der Waals surface area contributed by atoms with Gasteiger partial charge in [-0.25, -0.2) is 0 Å². The molecular weight excluding hydrogens is 204 g/mol. The van der Waals surface area contributed by atoms with Crippen LogP contribution in [-0.2, 0) is 4.79 Å². The van der Waals surface area contributed by atoms with Crippen molar-refractivity contribution in [2.24, 2.45) is 0 Å². The minimum Gasteiger partial charge on any atom is -0.294 e. The Balaban J connectivity index is 2.42. The average molecular weight is 226 g/mol. The Morgan fingerprint density at radius 2 is 2.07 bits per heavy atom. The molecule has 0 amide bonds. The summed E-state index contributed by atoms with van der Waals surface area (Å²) in [5.41, 5.74) is 1.09. The normalized spacial score (nSPS) is 18.2. The minimum atomic E-state index is 0.195. The van der Waals surface area contributed by atoms with Crippen molar-refractivity contribution in [1.29, 1.82) is 0 Å². The van der Waals surface area contributed by atoms with Crippen molar-refractivity contribution >= 4 is 17.5 Å². The summed E-state index contributed by atoms with van der Waals surface area (Å²) in [6, 6.07) is 0. The summed E-state index contributed by atoms with van der Waals surface area (Å²) in [5.74, 6) is 1.01. The third-order valence-corrected chi connectivity index (χ3v) is 3.81. The van der Waals surface area contributed by atoms with Gasteiger partial charge in [0.25, 0.3) is 0 Å². The van der Waals surface area contributed by atoms with Crippen molar-refractivity contribution in [2.75, 3.05) is 5.75 Å². The van der Waals surface area contributed by atoms with E-state index in [1.165, 1.54) is 19.3 Å². The highest BCUT2D eigenvalue weighted by molar-refractivity contribution is 8.01. The predicted molar refractivity (Wildman–Crippen MR) is 68.4 cm³/mol.